The van der Waals surface area contributed by atoms with Gasteiger partial charge in [-0.2, -0.15) is 0 Å². The molecule has 12 heavy (non-hydrogen) atoms. The molecule has 0 unspecified atom stereocenters. The summed E-state index contributed by atoms with van der Waals surface area (Å²) in [5, 5.41) is 2.66. The molecule has 1 aliphatic heterocycles. The first-order chi connectivity index (χ1) is 5.75. The molecule has 0 bridgehead atoms. The van der Waals surface area contributed by atoms with Gasteiger partial charge in [0.1, 0.15) is 11.4 Å². The molecular weight excluding hydrogens is 156 g/mol. The molecule has 2 heterocycles. The van der Waals surface area contributed by atoms with Gasteiger partial charge in [0.25, 0.3) is 5.91 Å². The van der Waals surface area contributed by atoms with Crippen LogP contribution in [0.15, 0.2) is 12.3 Å². The molecule has 0 spiro atoms. The smallest absolute Gasteiger partial charge is 0.262 e. The summed E-state index contributed by atoms with van der Waals surface area (Å²) in [6, 6.07) is 1.80. The summed E-state index contributed by atoms with van der Waals surface area (Å²) in [6.45, 7) is 1.97. The van der Waals surface area contributed by atoms with Crippen LogP contribution < -0.4 is 10.1 Å². The zero-order valence-electron chi connectivity index (χ0n) is 6.63. The van der Waals surface area contributed by atoms with Crippen LogP contribution in [-0.2, 0) is 4.79 Å². The van der Waals surface area contributed by atoms with Crippen molar-refractivity contribution in [1.29, 1.82) is 0 Å². The van der Waals surface area contributed by atoms with Gasteiger partial charge in [0.05, 0.1) is 6.20 Å². The number of pyridine rings is 1. The molecule has 2 rings (SSSR count). The normalized spacial score (nSPS) is 14.6. The number of carbonyl (C=O) groups excluding carboxylic acids is 1. The highest BCUT2D eigenvalue weighted by Crippen LogP contribution is 2.26. The third kappa shape index (κ3) is 1.11. The van der Waals surface area contributed by atoms with Crippen LogP contribution in [0, 0.1) is 6.92 Å². The first-order valence-corrected chi connectivity index (χ1v) is 3.65. The highest BCUT2D eigenvalue weighted by atomic mass is 16.5. The first-order valence-electron chi connectivity index (χ1n) is 3.65. The van der Waals surface area contributed by atoms with E-state index in [9.17, 15) is 4.79 Å². The second-order valence-corrected chi connectivity index (χ2v) is 2.66. The van der Waals surface area contributed by atoms with E-state index in [4.69, 9.17) is 4.74 Å². The molecule has 0 aliphatic carbocycles. The Kier molecular flexibility index (Phi) is 1.46. The standard InChI is InChI=1S/C8H8N2O2.H2/c1-5-2-7-6(3-9-5)10-8(11)4-12-7;/h2-3H,4H2,1H3,(H,10,11);1H. The van der Waals surface area contributed by atoms with E-state index in [0.717, 1.165) is 5.69 Å². The molecule has 0 saturated carbocycles. The van der Waals surface area contributed by atoms with Gasteiger partial charge in [0.15, 0.2) is 6.61 Å². The highest BCUT2D eigenvalue weighted by molar-refractivity contribution is 5.95. The van der Waals surface area contributed by atoms with Crippen LogP contribution in [0.25, 0.3) is 0 Å². The lowest BCUT2D eigenvalue weighted by molar-refractivity contribution is -0.118. The fourth-order valence-corrected chi connectivity index (χ4v) is 1.08. The van der Waals surface area contributed by atoms with E-state index in [1.807, 2.05) is 6.92 Å². The maximum atomic E-state index is 10.8. The topological polar surface area (TPSA) is 51.2 Å². The quantitative estimate of drug-likeness (QED) is 0.624. The number of aromatic nitrogens is 1. The summed E-state index contributed by atoms with van der Waals surface area (Å²) in [5.74, 6) is 0.565. The average Bonchev–Trinajstić information content (AvgIpc) is 2.05. The van der Waals surface area contributed by atoms with Gasteiger partial charge < -0.3 is 10.1 Å². The van der Waals surface area contributed by atoms with Gasteiger partial charge in [0, 0.05) is 13.2 Å². The molecule has 64 valence electrons. The molecule has 1 aromatic heterocycles. The maximum absolute atomic E-state index is 10.8. The molecular formula is C8H10N2O2. The van der Waals surface area contributed by atoms with E-state index in [-0.39, 0.29) is 13.9 Å². The summed E-state index contributed by atoms with van der Waals surface area (Å²) in [6.07, 6.45) is 1.60. The van der Waals surface area contributed by atoms with Crippen molar-refractivity contribution in [3.8, 4) is 5.75 Å². The van der Waals surface area contributed by atoms with Crippen molar-refractivity contribution in [3.63, 3.8) is 0 Å². The third-order valence-electron chi connectivity index (χ3n) is 1.64. The number of aryl methyl sites for hydroxylation is 1. The molecule has 1 N–H and O–H groups in total. The predicted octanol–water partition coefficient (Wildman–Crippen LogP) is 0.967. The van der Waals surface area contributed by atoms with Gasteiger partial charge in [-0.25, -0.2) is 0 Å². The monoisotopic (exact) mass is 166 g/mol. The fourth-order valence-electron chi connectivity index (χ4n) is 1.08. The molecule has 4 nitrogen and oxygen atoms in total. The van der Waals surface area contributed by atoms with Gasteiger partial charge in [-0.15, -0.1) is 0 Å². The summed E-state index contributed by atoms with van der Waals surface area (Å²) in [5.41, 5.74) is 1.53. The second-order valence-electron chi connectivity index (χ2n) is 2.66. The number of amides is 1. The molecule has 0 fully saturated rings. The predicted molar refractivity (Wildman–Crippen MR) is 45.2 cm³/mol. The van der Waals surface area contributed by atoms with Gasteiger partial charge >= 0.3 is 0 Å². The molecule has 1 aromatic rings. The third-order valence-corrected chi connectivity index (χ3v) is 1.64. The SMILES string of the molecule is Cc1cc2c(cn1)NC(=O)CO2.[HH]. The van der Waals surface area contributed by atoms with Crippen molar-refractivity contribution in [2.24, 2.45) is 0 Å². The summed E-state index contributed by atoms with van der Waals surface area (Å²) in [4.78, 5) is 14.9. The van der Waals surface area contributed by atoms with Crippen molar-refractivity contribution in [3.05, 3.63) is 18.0 Å². The fraction of sp³-hybridized carbons (Fsp3) is 0.250. The zero-order valence-corrected chi connectivity index (χ0v) is 6.63. The van der Waals surface area contributed by atoms with Crippen molar-refractivity contribution in [2.75, 3.05) is 11.9 Å². The number of ether oxygens (including phenoxy) is 1. The number of anilines is 1. The number of nitrogens with zero attached hydrogens (tertiary/aromatic N) is 1. The van der Waals surface area contributed by atoms with Crippen LogP contribution >= 0.6 is 0 Å². The Hall–Kier alpha value is -1.58. The molecule has 0 aromatic carbocycles. The van der Waals surface area contributed by atoms with E-state index in [1.165, 1.54) is 0 Å². The number of fused-ring (bicyclic) bond motifs is 1. The van der Waals surface area contributed by atoms with Crippen LogP contribution in [0.2, 0.25) is 0 Å². The summed E-state index contributed by atoms with van der Waals surface area (Å²) < 4.78 is 5.16. The Balaban J connectivity index is 0.000000845. The molecule has 0 radical (unpaired) electrons. The van der Waals surface area contributed by atoms with Gasteiger partial charge in [-0.05, 0) is 6.92 Å². The number of nitrogens with one attached hydrogen (secondary N) is 1. The van der Waals surface area contributed by atoms with Gasteiger partial charge in [0.2, 0.25) is 0 Å². The Morgan fingerprint density at radius 3 is 3.42 bits per heavy atom. The van der Waals surface area contributed by atoms with Crippen molar-refractivity contribution in [1.82, 2.24) is 4.98 Å². The average molecular weight is 166 g/mol. The second kappa shape index (κ2) is 2.48. The Morgan fingerprint density at radius 1 is 1.75 bits per heavy atom. The minimum absolute atomic E-state index is 0. The summed E-state index contributed by atoms with van der Waals surface area (Å²) >= 11 is 0. The lowest BCUT2D eigenvalue weighted by Gasteiger charge is -2.17. The minimum Gasteiger partial charge on any atom is -0.481 e. The minimum atomic E-state index is -0.131. The lowest BCUT2D eigenvalue weighted by Crippen LogP contribution is -2.25. The Labute approximate surface area is 71.0 Å². The van der Waals surface area contributed by atoms with Crippen LogP contribution in [0.4, 0.5) is 5.69 Å². The van der Waals surface area contributed by atoms with Crippen LogP contribution in [-0.4, -0.2) is 17.5 Å². The molecule has 4 heteroatoms. The van der Waals surface area contributed by atoms with Crippen LogP contribution in [0.1, 0.15) is 7.12 Å². The van der Waals surface area contributed by atoms with Crippen molar-refractivity contribution >= 4 is 11.6 Å². The number of hydrogen-bond donors (Lipinski definition) is 1. The van der Waals surface area contributed by atoms with Gasteiger partial charge in [-0.3, -0.25) is 9.78 Å². The largest absolute Gasteiger partial charge is 0.481 e. The molecule has 0 atom stereocenters. The number of hydrogen-bond acceptors (Lipinski definition) is 3. The van der Waals surface area contributed by atoms with Crippen molar-refractivity contribution < 1.29 is 11.0 Å². The van der Waals surface area contributed by atoms with Crippen LogP contribution in [0.5, 0.6) is 5.75 Å². The van der Waals surface area contributed by atoms with E-state index in [0.29, 0.717) is 11.4 Å². The maximum Gasteiger partial charge on any atom is 0.262 e. The van der Waals surface area contributed by atoms with E-state index in [1.54, 1.807) is 12.3 Å². The van der Waals surface area contributed by atoms with E-state index < -0.39 is 0 Å². The number of carbonyl (C=O) groups is 1. The van der Waals surface area contributed by atoms with Crippen molar-refractivity contribution in [2.45, 2.75) is 6.92 Å². The molecule has 1 aliphatic rings. The molecule has 0 saturated heterocycles. The molecule has 1 amide bonds. The van der Waals surface area contributed by atoms with Gasteiger partial charge in [-0.1, -0.05) is 0 Å². The zero-order chi connectivity index (χ0) is 8.55. The first kappa shape index (κ1) is 7.09. The summed E-state index contributed by atoms with van der Waals surface area (Å²) in [7, 11) is 0. The number of rotatable bonds is 0. The Bertz CT molecular complexity index is 341. The lowest BCUT2D eigenvalue weighted by atomic mass is 10.3. The van der Waals surface area contributed by atoms with E-state index in [2.05, 4.69) is 10.3 Å². The Morgan fingerprint density at radius 2 is 2.58 bits per heavy atom. The highest BCUT2D eigenvalue weighted by Gasteiger charge is 2.15. The van der Waals surface area contributed by atoms with E-state index >= 15 is 0 Å². The van der Waals surface area contributed by atoms with Crippen LogP contribution in [0.3, 0.4) is 0 Å².